The van der Waals surface area contributed by atoms with Crippen molar-refractivity contribution in [3.8, 4) is 0 Å². The molecule has 2 aliphatic carbocycles. The molecule has 146 valence electrons. The van der Waals surface area contributed by atoms with Gasteiger partial charge >= 0.3 is 23.2 Å². The lowest BCUT2D eigenvalue weighted by Crippen LogP contribution is -2.38. The summed E-state index contributed by atoms with van der Waals surface area (Å²) in [6, 6.07) is 0. The van der Waals surface area contributed by atoms with Crippen LogP contribution in [-0.4, -0.2) is 42.0 Å². The van der Waals surface area contributed by atoms with Gasteiger partial charge in [-0.2, -0.15) is 13.1 Å². The molecule has 9 nitrogen and oxygen atoms in total. The molecular formula is C14H15F2O9S-. The summed E-state index contributed by atoms with van der Waals surface area (Å²) in [6.45, 7) is 0.689. The highest BCUT2D eigenvalue weighted by Gasteiger charge is 2.63. The van der Waals surface area contributed by atoms with Crippen LogP contribution in [0.1, 0.15) is 19.8 Å². The molecule has 6 unspecified atom stereocenters. The Kier molecular flexibility index (Phi) is 5.37. The molecule has 0 aromatic rings. The van der Waals surface area contributed by atoms with Gasteiger partial charge in [-0.15, -0.1) is 0 Å². The molecule has 12 heteroatoms. The lowest BCUT2D eigenvalue weighted by Gasteiger charge is -2.26. The van der Waals surface area contributed by atoms with Gasteiger partial charge in [0.05, 0.1) is 11.8 Å². The molecule has 3 rings (SSSR count). The van der Waals surface area contributed by atoms with E-state index in [1.807, 2.05) is 0 Å². The predicted octanol–water partition coefficient (Wildman–Crippen LogP) is 0.123. The second kappa shape index (κ2) is 7.25. The Hall–Kier alpha value is -1.50. The molecule has 0 N–H and O–H groups in total. The summed E-state index contributed by atoms with van der Waals surface area (Å²) in [6.07, 6.45) is 0.322. The van der Waals surface area contributed by atoms with E-state index in [2.05, 4.69) is 14.1 Å². The van der Waals surface area contributed by atoms with Crippen molar-refractivity contribution in [2.75, 3.05) is 6.61 Å². The van der Waals surface area contributed by atoms with Gasteiger partial charge in [0.2, 0.25) is 0 Å². The SMILES string of the molecule is CC(COC(=O)C(F)(F)SOO[O-])C(=O)OC1C2CC3C(=O)OC1C3C2. The topological polar surface area (TPSA) is 120 Å². The summed E-state index contributed by atoms with van der Waals surface area (Å²) in [5.74, 6) is -4.06. The molecule has 26 heavy (non-hydrogen) atoms. The van der Waals surface area contributed by atoms with Crippen LogP contribution < -0.4 is 5.26 Å². The molecule has 3 fully saturated rings. The van der Waals surface area contributed by atoms with Crippen molar-refractivity contribution >= 4 is 30.0 Å². The van der Waals surface area contributed by atoms with E-state index in [4.69, 9.17) is 9.47 Å². The van der Waals surface area contributed by atoms with E-state index < -0.39 is 54.0 Å². The Bertz CT molecular complexity index is 601. The normalized spacial score (nSPS) is 33.1. The molecule has 0 spiro atoms. The molecule has 1 aliphatic heterocycles. The Balaban J connectivity index is 1.47. The van der Waals surface area contributed by atoms with Crippen molar-refractivity contribution in [2.45, 2.75) is 37.2 Å². The summed E-state index contributed by atoms with van der Waals surface area (Å²) in [7, 11) is 0. The van der Waals surface area contributed by atoms with Crippen molar-refractivity contribution < 1.29 is 52.0 Å². The summed E-state index contributed by atoms with van der Waals surface area (Å²) >= 11 is -0.818. The molecular weight excluding hydrogens is 382 g/mol. The highest BCUT2D eigenvalue weighted by Crippen LogP contribution is 2.55. The maximum absolute atomic E-state index is 13.2. The molecule has 3 aliphatic rings. The first-order valence-corrected chi connectivity index (χ1v) is 8.59. The Labute approximate surface area is 150 Å². The summed E-state index contributed by atoms with van der Waals surface area (Å²) < 4.78 is 44.8. The van der Waals surface area contributed by atoms with E-state index in [0.717, 1.165) is 6.42 Å². The average Bonchev–Trinajstić information content (AvgIpc) is 3.22. The molecule has 2 bridgehead atoms. The first-order chi connectivity index (χ1) is 12.2. The van der Waals surface area contributed by atoms with Crippen molar-refractivity contribution in [3.05, 3.63) is 0 Å². The Morgan fingerprint density at radius 3 is 2.85 bits per heavy atom. The molecule has 0 aromatic carbocycles. The Morgan fingerprint density at radius 1 is 1.42 bits per heavy atom. The number of alkyl halides is 2. The lowest BCUT2D eigenvalue weighted by atomic mass is 9.88. The molecule has 0 aromatic heterocycles. The third kappa shape index (κ3) is 3.50. The number of fused-ring (bicyclic) bond motifs is 1. The standard InChI is InChI=1S/C14H16F2O9S/c1-5(4-21-13(19)14(15,16)26-25-24-20)11(17)22-9-6-2-7-8(3-6)12(18)23-10(7)9/h5-10,20H,2-4H2,1H3/p-1. The van der Waals surface area contributed by atoms with Crippen molar-refractivity contribution in [1.29, 1.82) is 0 Å². The molecule has 2 saturated carbocycles. The molecule has 1 heterocycles. The van der Waals surface area contributed by atoms with Gasteiger partial charge in [-0.05, 0) is 19.8 Å². The fraction of sp³-hybridized carbons (Fsp3) is 0.786. The van der Waals surface area contributed by atoms with Crippen LogP contribution in [0.15, 0.2) is 0 Å². The molecule has 6 atom stereocenters. The minimum absolute atomic E-state index is 0.0325. The van der Waals surface area contributed by atoms with Gasteiger partial charge in [0.15, 0.2) is 0 Å². The average molecular weight is 397 g/mol. The van der Waals surface area contributed by atoms with Gasteiger partial charge in [0.25, 0.3) is 0 Å². The second-order valence-corrected chi connectivity index (χ2v) is 7.36. The maximum atomic E-state index is 13.2. The number of halogens is 2. The van der Waals surface area contributed by atoms with Gasteiger partial charge in [0.1, 0.15) is 30.9 Å². The third-order valence-electron chi connectivity index (χ3n) is 4.94. The second-order valence-electron chi connectivity index (χ2n) is 6.54. The van der Waals surface area contributed by atoms with E-state index >= 15 is 0 Å². The zero-order valence-electron chi connectivity index (χ0n) is 13.4. The van der Waals surface area contributed by atoms with Crippen molar-refractivity contribution in [2.24, 2.45) is 23.7 Å². The van der Waals surface area contributed by atoms with E-state index in [1.54, 1.807) is 0 Å². The highest BCUT2D eigenvalue weighted by molar-refractivity contribution is 7.96. The van der Waals surface area contributed by atoms with Gasteiger partial charge in [-0.1, -0.05) is 0 Å². The van der Waals surface area contributed by atoms with E-state index in [1.165, 1.54) is 6.92 Å². The van der Waals surface area contributed by atoms with Gasteiger partial charge in [-0.3, -0.25) is 14.6 Å². The number of carbonyl (C=O) groups excluding carboxylic acids is 3. The van der Waals surface area contributed by atoms with E-state index in [-0.39, 0.29) is 23.7 Å². The smallest absolute Gasteiger partial charge is 0.415 e. The number of hydrogen-bond acceptors (Lipinski definition) is 10. The zero-order valence-corrected chi connectivity index (χ0v) is 14.2. The van der Waals surface area contributed by atoms with Crippen LogP contribution in [0.25, 0.3) is 0 Å². The lowest BCUT2D eigenvalue weighted by molar-refractivity contribution is -0.777. The number of esters is 3. The van der Waals surface area contributed by atoms with Gasteiger partial charge in [0, 0.05) is 11.8 Å². The zero-order chi connectivity index (χ0) is 19.1. The van der Waals surface area contributed by atoms with Crippen molar-refractivity contribution in [1.82, 2.24) is 0 Å². The van der Waals surface area contributed by atoms with Gasteiger partial charge < -0.3 is 19.5 Å². The first kappa shape index (κ1) is 19.3. The monoisotopic (exact) mass is 397 g/mol. The molecule has 0 amide bonds. The van der Waals surface area contributed by atoms with Crippen LogP contribution in [0.4, 0.5) is 8.78 Å². The van der Waals surface area contributed by atoms with Crippen LogP contribution in [0.2, 0.25) is 0 Å². The quantitative estimate of drug-likeness (QED) is 0.184. The van der Waals surface area contributed by atoms with Crippen LogP contribution in [-0.2, 0) is 38.0 Å². The highest BCUT2D eigenvalue weighted by atomic mass is 32.2. The third-order valence-corrected chi connectivity index (χ3v) is 5.44. The van der Waals surface area contributed by atoms with Crippen LogP contribution in [0.5, 0.6) is 0 Å². The van der Waals surface area contributed by atoms with E-state index in [0.29, 0.717) is 6.42 Å². The molecule has 1 saturated heterocycles. The Morgan fingerprint density at radius 2 is 2.15 bits per heavy atom. The number of carbonyl (C=O) groups is 3. The predicted molar refractivity (Wildman–Crippen MR) is 74.3 cm³/mol. The summed E-state index contributed by atoms with van der Waals surface area (Å²) in [4.78, 5) is 35.1. The van der Waals surface area contributed by atoms with Crippen LogP contribution >= 0.6 is 12.0 Å². The number of ether oxygens (including phenoxy) is 3. The largest absolute Gasteiger partial charge is 0.691 e. The minimum atomic E-state index is -4.17. The number of rotatable bonds is 8. The molecule has 0 radical (unpaired) electrons. The van der Waals surface area contributed by atoms with E-state index in [9.17, 15) is 28.4 Å². The van der Waals surface area contributed by atoms with Crippen molar-refractivity contribution in [3.63, 3.8) is 0 Å². The fourth-order valence-corrected chi connectivity index (χ4v) is 4.00. The summed E-state index contributed by atoms with van der Waals surface area (Å²) in [5, 5.41) is 8.09. The number of hydrogen-bond donors (Lipinski definition) is 0. The summed E-state index contributed by atoms with van der Waals surface area (Å²) in [5.41, 5.74) is 0. The van der Waals surface area contributed by atoms with Gasteiger partial charge in [-0.25, -0.2) is 4.79 Å². The fourth-order valence-electron chi connectivity index (χ4n) is 3.76. The first-order valence-electron chi connectivity index (χ1n) is 7.85. The van der Waals surface area contributed by atoms with Crippen LogP contribution in [0, 0.1) is 23.7 Å². The maximum Gasteiger partial charge on any atom is 0.415 e. The minimum Gasteiger partial charge on any atom is -0.691 e. The van der Waals surface area contributed by atoms with Crippen LogP contribution in [0.3, 0.4) is 0 Å².